The Hall–Kier alpha value is -4.07. The van der Waals surface area contributed by atoms with Crippen molar-refractivity contribution in [1.82, 2.24) is 4.90 Å². The molecule has 3 aromatic rings. The molecule has 7 nitrogen and oxygen atoms in total. The number of anilines is 1. The van der Waals surface area contributed by atoms with Crippen LogP contribution in [0.4, 0.5) is 10.1 Å². The minimum absolute atomic E-state index is 0.231. The maximum Gasteiger partial charge on any atom is 0.255 e. The summed E-state index contributed by atoms with van der Waals surface area (Å²) in [4.78, 5) is 28.0. The molecular formula is C25H23FN2O5. The predicted octanol–water partition coefficient (Wildman–Crippen LogP) is 4.04. The SMILES string of the molecule is COc1cc(C(=O)N2CC(=O)Nc3ccc(F)cc3[C@H]2c2ccccc2)cc(OC)c1OC. The maximum atomic E-state index is 14.3. The van der Waals surface area contributed by atoms with Gasteiger partial charge < -0.3 is 24.4 Å². The largest absolute Gasteiger partial charge is 0.493 e. The van der Waals surface area contributed by atoms with E-state index in [2.05, 4.69) is 5.32 Å². The van der Waals surface area contributed by atoms with Crippen LogP contribution in [0.5, 0.6) is 17.2 Å². The molecule has 1 atom stereocenters. The number of methoxy groups -OCH3 is 3. The summed E-state index contributed by atoms with van der Waals surface area (Å²) in [6.07, 6.45) is 0. The highest BCUT2D eigenvalue weighted by Crippen LogP contribution is 2.41. The van der Waals surface area contributed by atoms with Crippen molar-refractivity contribution in [3.63, 3.8) is 0 Å². The third-order valence-electron chi connectivity index (χ3n) is 5.50. The average molecular weight is 450 g/mol. The summed E-state index contributed by atoms with van der Waals surface area (Å²) in [5, 5.41) is 2.78. The molecule has 1 N–H and O–H groups in total. The number of hydrogen-bond donors (Lipinski definition) is 1. The van der Waals surface area contributed by atoms with E-state index in [0.29, 0.717) is 28.5 Å². The number of hydrogen-bond acceptors (Lipinski definition) is 5. The third kappa shape index (κ3) is 4.19. The van der Waals surface area contributed by atoms with Crippen LogP contribution < -0.4 is 19.5 Å². The number of nitrogens with zero attached hydrogens (tertiary/aromatic N) is 1. The van der Waals surface area contributed by atoms with Gasteiger partial charge in [0.1, 0.15) is 12.4 Å². The number of nitrogens with one attached hydrogen (secondary N) is 1. The molecule has 0 aliphatic carbocycles. The van der Waals surface area contributed by atoms with E-state index in [-0.39, 0.29) is 18.0 Å². The second kappa shape index (κ2) is 9.20. The maximum absolute atomic E-state index is 14.3. The van der Waals surface area contributed by atoms with E-state index in [4.69, 9.17) is 14.2 Å². The van der Waals surface area contributed by atoms with Crippen molar-refractivity contribution in [3.8, 4) is 17.2 Å². The molecule has 4 rings (SSSR count). The molecule has 0 aromatic heterocycles. The zero-order valence-corrected chi connectivity index (χ0v) is 18.4. The van der Waals surface area contributed by atoms with Gasteiger partial charge in [0.15, 0.2) is 11.5 Å². The van der Waals surface area contributed by atoms with E-state index in [1.54, 1.807) is 0 Å². The van der Waals surface area contributed by atoms with Gasteiger partial charge in [-0.2, -0.15) is 0 Å². The van der Waals surface area contributed by atoms with Crippen LogP contribution in [0, 0.1) is 5.82 Å². The molecule has 1 aliphatic heterocycles. The standard InChI is InChI=1S/C25H23FN2O5/c1-31-20-11-16(12-21(32-2)24(20)33-3)25(30)28-14-22(29)27-19-10-9-17(26)13-18(19)23(28)15-7-5-4-6-8-15/h4-13,23H,14H2,1-3H3,(H,27,29)/t23-/m1/s1. The van der Waals surface area contributed by atoms with Crippen molar-refractivity contribution in [2.24, 2.45) is 0 Å². The number of carbonyl (C=O) groups is 2. The fourth-order valence-electron chi connectivity index (χ4n) is 4.03. The molecular weight excluding hydrogens is 427 g/mol. The minimum atomic E-state index is -0.706. The van der Waals surface area contributed by atoms with E-state index in [1.807, 2.05) is 30.3 Å². The Bertz CT molecular complexity index is 1170. The minimum Gasteiger partial charge on any atom is -0.493 e. The Morgan fingerprint density at radius 1 is 0.970 bits per heavy atom. The second-order valence-corrected chi connectivity index (χ2v) is 7.44. The van der Waals surface area contributed by atoms with Crippen molar-refractivity contribution < 1.29 is 28.2 Å². The van der Waals surface area contributed by atoms with Crippen molar-refractivity contribution in [1.29, 1.82) is 0 Å². The van der Waals surface area contributed by atoms with Crippen LogP contribution in [-0.2, 0) is 4.79 Å². The smallest absolute Gasteiger partial charge is 0.255 e. The van der Waals surface area contributed by atoms with Gasteiger partial charge in [0.2, 0.25) is 11.7 Å². The van der Waals surface area contributed by atoms with Gasteiger partial charge in [-0.15, -0.1) is 0 Å². The van der Waals surface area contributed by atoms with Gasteiger partial charge in [0.25, 0.3) is 5.91 Å². The van der Waals surface area contributed by atoms with Crippen LogP contribution in [0.2, 0.25) is 0 Å². The number of halogens is 1. The number of ether oxygens (including phenoxy) is 3. The zero-order chi connectivity index (χ0) is 23.5. The first-order valence-corrected chi connectivity index (χ1v) is 10.2. The molecule has 0 fully saturated rings. The predicted molar refractivity (Wildman–Crippen MR) is 120 cm³/mol. The Morgan fingerprint density at radius 3 is 2.24 bits per heavy atom. The molecule has 0 unspecified atom stereocenters. The molecule has 0 spiro atoms. The van der Waals surface area contributed by atoms with Crippen LogP contribution in [0.15, 0.2) is 60.7 Å². The second-order valence-electron chi connectivity index (χ2n) is 7.44. The quantitative estimate of drug-likeness (QED) is 0.635. The lowest BCUT2D eigenvalue weighted by molar-refractivity contribution is -0.117. The number of rotatable bonds is 5. The Morgan fingerprint density at radius 2 is 1.64 bits per heavy atom. The summed E-state index contributed by atoms with van der Waals surface area (Å²) in [6.45, 7) is -0.231. The molecule has 170 valence electrons. The summed E-state index contributed by atoms with van der Waals surface area (Å²) in [7, 11) is 4.38. The molecule has 1 aliphatic rings. The topological polar surface area (TPSA) is 77.1 Å². The van der Waals surface area contributed by atoms with Crippen LogP contribution in [-0.4, -0.2) is 44.6 Å². The van der Waals surface area contributed by atoms with Crippen molar-refractivity contribution >= 4 is 17.5 Å². The number of fused-ring (bicyclic) bond motifs is 1. The third-order valence-corrected chi connectivity index (χ3v) is 5.50. The lowest BCUT2D eigenvalue weighted by atomic mass is 9.95. The van der Waals surface area contributed by atoms with Gasteiger partial charge >= 0.3 is 0 Å². The van der Waals surface area contributed by atoms with Crippen molar-refractivity contribution in [2.75, 3.05) is 33.2 Å². The van der Waals surface area contributed by atoms with E-state index < -0.39 is 17.8 Å². The molecule has 2 amide bonds. The first-order valence-electron chi connectivity index (χ1n) is 10.2. The lowest BCUT2D eigenvalue weighted by Crippen LogP contribution is -2.39. The first-order chi connectivity index (χ1) is 16.0. The van der Waals surface area contributed by atoms with Crippen LogP contribution in [0.1, 0.15) is 27.5 Å². The molecule has 33 heavy (non-hydrogen) atoms. The molecule has 0 bridgehead atoms. The van der Waals surface area contributed by atoms with Gasteiger partial charge in [-0.3, -0.25) is 9.59 Å². The molecule has 3 aromatic carbocycles. The van der Waals surface area contributed by atoms with Gasteiger partial charge in [-0.1, -0.05) is 30.3 Å². The Labute approximate surface area is 190 Å². The fraction of sp³-hybridized carbons (Fsp3) is 0.200. The zero-order valence-electron chi connectivity index (χ0n) is 18.4. The molecule has 0 saturated heterocycles. The monoisotopic (exact) mass is 450 g/mol. The summed E-state index contributed by atoms with van der Waals surface area (Å²) in [5.74, 6) is -0.343. The summed E-state index contributed by atoms with van der Waals surface area (Å²) < 4.78 is 30.4. The molecule has 8 heteroatoms. The van der Waals surface area contributed by atoms with Gasteiger partial charge in [-0.05, 0) is 35.9 Å². The highest BCUT2D eigenvalue weighted by Gasteiger charge is 2.35. The highest BCUT2D eigenvalue weighted by atomic mass is 19.1. The van der Waals surface area contributed by atoms with Gasteiger partial charge in [-0.25, -0.2) is 4.39 Å². The Kier molecular flexibility index (Phi) is 6.17. The molecule has 0 saturated carbocycles. The lowest BCUT2D eigenvalue weighted by Gasteiger charge is -2.31. The number of carbonyl (C=O) groups excluding carboxylic acids is 2. The summed E-state index contributed by atoms with van der Waals surface area (Å²) in [6, 6.07) is 15.7. The first kappa shape index (κ1) is 22.1. The fourth-order valence-corrected chi connectivity index (χ4v) is 4.03. The normalized spacial score (nSPS) is 15.2. The van der Waals surface area contributed by atoms with Crippen LogP contribution >= 0.6 is 0 Å². The van der Waals surface area contributed by atoms with Crippen LogP contribution in [0.25, 0.3) is 0 Å². The molecule has 0 radical (unpaired) electrons. The van der Waals surface area contributed by atoms with E-state index in [9.17, 15) is 14.0 Å². The van der Waals surface area contributed by atoms with Gasteiger partial charge in [0.05, 0.1) is 27.4 Å². The van der Waals surface area contributed by atoms with E-state index >= 15 is 0 Å². The van der Waals surface area contributed by atoms with E-state index in [0.717, 1.165) is 5.56 Å². The average Bonchev–Trinajstić information content (AvgIpc) is 2.98. The van der Waals surface area contributed by atoms with E-state index in [1.165, 1.54) is 56.6 Å². The number of benzene rings is 3. The van der Waals surface area contributed by atoms with Crippen LogP contribution in [0.3, 0.4) is 0 Å². The highest BCUT2D eigenvalue weighted by molar-refractivity contribution is 6.02. The summed E-state index contributed by atoms with van der Waals surface area (Å²) in [5.41, 5.74) is 1.91. The molecule has 1 heterocycles. The Balaban J connectivity index is 1.89. The van der Waals surface area contributed by atoms with Crippen molar-refractivity contribution in [3.05, 3.63) is 83.2 Å². The van der Waals surface area contributed by atoms with Gasteiger partial charge in [0, 0.05) is 16.8 Å². The summed E-state index contributed by atoms with van der Waals surface area (Å²) >= 11 is 0. The van der Waals surface area contributed by atoms with Crippen molar-refractivity contribution in [2.45, 2.75) is 6.04 Å². The number of amides is 2.